The zero-order chi connectivity index (χ0) is 46.4. The van der Waals surface area contributed by atoms with Crippen LogP contribution >= 0.6 is 0 Å². The number of benzene rings is 12. The number of nitrogens with zero attached hydrogens (tertiary/aromatic N) is 2. The molecular formula is C68H46N2. The van der Waals surface area contributed by atoms with Crippen LogP contribution in [0.3, 0.4) is 0 Å². The summed E-state index contributed by atoms with van der Waals surface area (Å²) in [7, 11) is 0. The van der Waals surface area contributed by atoms with Gasteiger partial charge in [0.05, 0.1) is 16.7 Å². The molecule has 0 unspecified atom stereocenters. The van der Waals surface area contributed by atoms with Crippen LogP contribution in [-0.4, -0.2) is 4.57 Å². The fourth-order valence-electron chi connectivity index (χ4n) is 10.7. The zero-order valence-electron chi connectivity index (χ0n) is 38.5. The Hall–Kier alpha value is -9.24. The fourth-order valence-corrected chi connectivity index (χ4v) is 10.7. The van der Waals surface area contributed by atoms with Crippen LogP contribution in [-0.2, 0) is 0 Å². The summed E-state index contributed by atoms with van der Waals surface area (Å²) in [6.45, 7) is 0. The number of aromatic nitrogens is 1. The summed E-state index contributed by atoms with van der Waals surface area (Å²) in [4.78, 5) is 2.51. The minimum Gasteiger partial charge on any atom is -0.309 e. The lowest BCUT2D eigenvalue weighted by Gasteiger charge is -2.30. The van der Waals surface area contributed by atoms with Crippen LogP contribution in [0.2, 0.25) is 0 Å². The Morgan fingerprint density at radius 1 is 0.243 bits per heavy atom. The molecule has 0 bridgehead atoms. The zero-order valence-corrected chi connectivity index (χ0v) is 38.5. The highest BCUT2D eigenvalue weighted by Crippen LogP contribution is 2.52. The van der Waals surface area contributed by atoms with Gasteiger partial charge in [0.25, 0.3) is 0 Å². The highest BCUT2D eigenvalue weighted by atomic mass is 15.1. The molecule has 0 spiro atoms. The number of rotatable bonds is 9. The molecule has 12 aromatic carbocycles. The third kappa shape index (κ3) is 7.13. The molecule has 13 rings (SSSR count). The first-order valence-electron chi connectivity index (χ1n) is 24.1. The van der Waals surface area contributed by atoms with Crippen molar-refractivity contribution in [2.45, 2.75) is 0 Å². The van der Waals surface area contributed by atoms with Gasteiger partial charge in [0.2, 0.25) is 0 Å². The summed E-state index contributed by atoms with van der Waals surface area (Å²) in [5, 5.41) is 7.12. The van der Waals surface area contributed by atoms with Gasteiger partial charge in [0, 0.05) is 38.6 Å². The lowest BCUT2D eigenvalue weighted by molar-refractivity contribution is 1.18. The van der Waals surface area contributed by atoms with E-state index in [1.165, 1.54) is 93.6 Å². The van der Waals surface area contributed by atoms with Gasteiger partial charge in [-0.05, 0) is 127 Å². The predicted octanol–water partition coefficient (Wildman–Crippen LogP) is 18.9. The molecule has 2 heteroatoms. The van der Waals surface area contributed by atoms with Crippen molar-refractivity contribution < 1.29 is 0 Å². The Morgan fingerprint density at radius 2 is 0.714 bits per heavy atom. The van der Waals surface area contributed by atoms with Crippen molar-refractivity contribution in [1.82, 2.24) is 4.57 Å². The Morgan fingerprint density at radius 3 is 1.37 bits per heavy atom. The Bertz CT molecular complexity index is 4010. The van der Waals surface area contributed by atoms with Gasteiger partial charge in [-0.25, -0.2) is 0 Å². The molecule has 0 saturated heterocycles. The second kappa shape index (κ2) is 17.4. The molecule has 0 amide bonds. The van der Waals surface area contributed by atoms with Gasteiger partial charge in [0.1, 0.15) is 0 Å². The van der Waals surface area contributed by atoms with E-state index in [9.17, 15) is 0 Å². The summed E-state index contributed by atoms with van der Waals surface area (Å²) in [5.74, 6) is 0. The molecule has 0 aliphatic carbocycles. The fraction of sp³-hybridized carbons (Fsp3) is 0. The minimum absolute atomic E-state index is 1.08. The van der Waals surface area contributed by atoms with E-state index in [1.807, 2.05) is 0 Å². The average molecular weight is 891 g/mol. The normalized spacial score (nSPS) is 11.4. The molecule has 0 N–H and O–H groups in total. The van der Waals surface area contributed by atoms with Crippen LogP contribution in [0, 0.1) is 0 Å². The standard InChI is InChI=1S/C68H46N2/c1-6-20-47(21-7-1)50-34-36-51(37-35-50)57-30-16-17-32-59(57)67-60-41-38-53(49-24-10-3-11-25-49)45-64(60)68(61-42-39-52(44-63(61)67)48-22-8-2-9-23-48)69(54-26-12-4-13-27-54)56-40-43-66-62(46-56)58-31-18-19-33-65(58)70(66)55-28-14-5-15-29-55/h1-46H. The quantitative estimate of drug-likeness (QED) is 0.131. The Balaban J connectivity index is 1.13. The summed E-state index contributed by atoms with van der Waals surface area (Å²) < 4.78 is 2.39. The molecule has 0 atom stereocenters. The maximum atomic E-state index is 2.51. The molecule has 328 valence electrons. The molecular weight excluding hydrogens is 845 g/mol. The second-order valence-corrected chi connectivity index (χ2v) is 18.0. The first-order chi connectivity index (χ1) is 34.7. The van der Waals surface area contributed by atoms with Gasteiger partial charge in [-0.15, -0.1) is 0 Å². The van der Waals surface area contributed by atoms with Crippen LogP contribution in [0.15, 0.2) is 279 Å². The Kier molecular flexibility index (Phi) is 10.2. The number of hydrogen-bond donors (Lipinski definition) is 0. The van der Waals surface area contributed by atoms with Crippen molar-refractivity contribution in [1.29, 1.82) is 0 Å². The first kappa shape index (κ1) is 41.0. The SMILES string of the molecule is c1ccc(-c2ccc(-c3ccccc3-c3c4cc(-c5ccccc5)ccc4c(N(c4ccccc4)c4ccc5c(c4)c4ccccc4n5-c4ccccc4)c4cc(-c5ccccc5)ccc34)cc2)cc1. The molecule has 1 aromatic heterocycles. The molecule has 0 aliphatic rings. The third-order valence-corrected chi connectivity index (χ3v) is 14.0. The molecule has 2 nitrogen and oxygen atoms in total. The predicted molar refractivity (Wildman–Crippen MR) is 298 cm³/mol. The van der Waals surface area contributed by atoms with Crippen LogP contribution in [0.4, 0.5) is 17.1 Å². The third-order valence-electron chi connectivity index (χ3n) is 14.0. The maximum Gasteiger partial charge on any atom is 0.0619 e. The average Bonchev–Trinajstić information content (AvgIpc) is 3.78. The van der Waals surface area contributed by atoms with E-state index in [2.05, 4.69) is 289 Å². The van der Waals surface area contributed by atoms with Gasteiger partial charge >= 0.3 is 0 Å². The summed E-state index contributed by atoms with van der Waals surface area (Å²) in [5.41, 5.74) is 18.7. The second-order valence-electron chi connectivity index (χ2n) is 18.0. The maximum absolute atomic E-state index is 2.51. The van der Waals surface area contributed by atoms with E-state index < -0.39 is 0 Å². The molecule has 13 aromatic rings. The van der Waals surface area contributed by atoms with Crippen molar-refractivity contribution in [3.8, 4) is 61.3 Å². The number of anilines is 3. The molecule has 0 saturated carbocycles. The molecule has 1 heterocycles. The topological polar surface area (TPSA) is 8.17 Å². The van der Waals surface area contributed by atoms with Crippen molar-refractivity contribution in [3.63, 3.8) is 0 Å². The number of hydrogen-bond acceptors (Lipinski definition) is 1. The van der Waals surface area contributed by atoms with E-state index >= 15 is 0 Å². The van der Waals surface area contributed by atoms with Gasteiger partial charge in [-0.2, -0.15) is 0 Å². The van der Waals surface area contributed by atoms with E-state index in [4.69, 9.17) is 0 Å². The molecule has 70 heavy (non-hydrogen) atoms. The monoisotopic (exact) mass is 890 g/mol. The van der Waals surface area contributed by atoms with Gasteiger partial charge in [-0.1, -0.05) is 218 Å². The van der Waals surface area contributed by atoms with E-state index in [1.54, 1.807) is 0 Å². The number of fused-ring (bicyclic) bond motifs is 5. The molecule has 0 aliphatic heterocycles. The van der Waals surface area contributed by atoms with Crippen LogP contribution in [0.5, 0.6) is 0 Å². The first-order valence-corrected chi connectivity index (χ1v) is 24.1. The molecule has 0 radical (unpaired) electrons. The van der Waals surface area contributed by atoms with Crippen molar-refractivity contribution in [3.05, 3.63) is 279 Å². The smallest absolute Gasteiger partial charge is 0.0619 e. The van der Waals surface area contributed by atoms with Crippen molar-refractivity contribution in [2.24, 2.45) is 0 Å². The van der Waals surface area contributed by atoms with E-state index in [0.717, 1.165) is 28.1 Å². The number of para-hydroxylation sites is 3. The summed E-state index contributed by atoms with van der Waals surface area (Å²) in [6, 6.07) is 102. The summed E-state index contributed by atoms with van der Waals surface area (Å²) >= 11 is 0. The lowest BCUT2D eigenvalue weighted by Crippen LogP contribution is -2.11. The van der Waals surface area contributed by atoms with E-state index in [0.29, 0.717) is 0 Å². The van der Waals surface area contributed by atoms with Crippen molar-refractivity contribution in [2.75, 3.05) is 4.90 Å². The largest absolute Gasteiger partial charge is 0.309 e. The molecule has 0 fully saturated rings. The highest BCUT2D eigenvalue weighted by Gasteiger charge is 2.25. The Labute approximate surface area is 408 Å². The highest BCUT2D eigenvalue weighted by molar-refractivity contribution is 6.25. The van der Waals surface area contributed by atoms with Gasteiger partial charge in [0.15, 0.2) is 0 Å². The van der Waals surface area contributed by atoms with Crippen LogP contribution in [0.25, 0.3) is 105 Å². The van der Waals surface area contributed by atoms with Gasteiger partial charge in [-0.3, -0.25) is 0 Å². The van der Waals surface area contributed by atoms with Crippen molar-refractivity contribution >= 4 is 60.4 Å². The minimum atomic E-state index is 1.08. The van der Waals surface area contributed by atoms with E-state index in [-0.39, 0.29) is 0 Å². The summed E-state index contributed by atoms with van der Waals surface area (Å²) in [6.07, 6.45) is 0. The van der Waals surface area contributed by atoms with Gasteiger partial charge < -0.3 is 9.47 Å². The van der Waals surface area contributed by atoms with Crippen LogP contribution < -0.4 is 4.90 Å². The lowest BCUT2D eigenvalue weighted by atomic mass is 9.84. The van der Waals surface area contributed by atoms with Crippen LogP contribution in [0.1, 0.15) is 0 Å².